The van der Waals surface area contributed by atoms with Crippen molar-refractivity contribution in [3.8, 4) is 0 Å². The molecule has 0 spiro atoms. The third-order valence-corrected chi connectivity index (χ3v) is 12.6. The van der Waals surface area contributed by atoms with Crippen LogP contribution in [0.2, 0.25) is 0 Å². The zero-order valence-electron chi connectivity index (χ0n) is 31.5. The monoisotopic (exact) mass is 748 g/mol. The molecule has 3 saturated carbocycles. The third kappa shape index (κ3) is 6.72. The molecule has 2 aliphatic heterocycles. The number of carbonyl (C=O) groups is 2. The number of ketones is 1. The highest BCUT2D eigenvalue weighted by Gasteiger charge is 2.68. The van der Waals surface area contributed by atoms with E-state index in [9.17, 15) is 27.6 Å². The van der Waals surface area contributed by atoms with Gasteiger partial charge in [-0.05, 0) is 99.2 Å². The average molecular weight is 749 g/mol. The SMILES string of the molecule is CC[C@H](NC(=O)[C@@H]1C[C@@](C)(NCNc2ccc(C(C)=O)cc2)c2ncc(NCc3cccc(C(F)(F)F)c3)c(=O)n21)B1O[C@@H]2C[C@@H]3C[C@@H](C3(C)C)[C@]2(C)O1. The molecule has 2 bridgehead atoms. The minimum absolute atomic E-state index is 0.0382. The van der Waals surface area contributed by atoms with E-state index in [4.69, 9.17) is 9.31 Å². The highest BCUT2D eigenvalue weighted by atomic mass is 19.4. The molecule has 3 aliphatic carbocycles. The number of hydrogen-bond acceptors (Lipinski definition) is 9. The Labute approximate surface area is 313 Å². The summed E-state index contributed by atoms with van der Waals surface area (Å²) in [5.74, 6) is 0.360. The first-order valence-electron chi connectivity index (χ1n) is 18.7. The van der Waals surface area contributed by atoms with Crippen LogP contribution in [0.3, 0.4) is 0 Å². The Morgan fingerprint density at radius 2 is 1.81 bits per heavy atom. The number of Topliss-reactive ketones (excluding diaryl/α,β-unsaturated/α-hetero) is 1. The molecule has 3 heterocycles. The minimum Gasteiger partial charge on any atom is -0.404 e. The average Bonchev–Trinajstić information content (AvgIpc) is 3.64. The zero-order valence-corrected chi connectivity index (χ0v) is 31.5. The maximum absolute atomic E-state index is 14.3. The number of carbonyl (C=O) groups excluding carboxylic acids is 2. The molecular formula is C39H48BF3N6O5. The fraction of sp³-hybridized carbons (Fsp3) is 0.538. The molecule has 7 atom stereocenters. The van der Waals surface area contributed by atoms with Gasteiger partial charge in [0.15, 0.2) is 5.78 Å². The van der Waals surface area contributed by atoms with E-state index >= 15 is 0 Å². The summed E-state index contributed by atoms with van der Waals surface area (Å²) in [4.78, 5) is 44.9. The largest absolute Gasteiger partial charge is 0.481 e. The van der Waals surface area contributed by atoms with Gasteiger partial charge in [0, 0.05) is 24.2 Å². The smallest absolute Gasteiger partial charge is 0.404 e. The predicted octanol–water partition coefficient (Wildman–Crippen LogP) is 6.06. The van der Waals surface area contributed by atoms with Crippen LogP contribution in [0, 0.1) is 17.3 Å². The van der Waals surface area contributed by atoms with Crippen molar-refractivity contribution in [2.45, 2.75) is 109 Å². The molecule has 15 heteroatoms. The van der Waals surface area contributed by atoms with Crippen molar-refractivity contribution in [2.24, 2.45) is 17.3 Å². The Morgan fingerprint density at radius 1 is 1.07 bits per heavy atom. The summed E-state index contributed by atoms with van der Waals surface area (Å²) in [6.07, 6.45) is -0.482. The Morgan fingerprint density at radius 3 is 2.48 bits per heavy atom. The summed E-state index contributed by atoms with van der Waals surface area (Å²) in [5.41, 5.74) is -0.811. The summed E-state index contributed by atoms with van der Waals surface area (Å²) >= 11 is 0. The lowest BCUT2D eigenvalue weighted by atomic mass is 9.43. The van der Waals surface area contributed by atoms with Gasteiger partial charge >= 0.3 is 13.3 Å². The van der Waals surface area contributed by atoms with Crippen molar-refractivity contribution in [1.29, 1.82) is 0 Å². The van der Waals surface area contributed by atoms with Crippen molar-refractivity contribution in [3.05, 3.63) is 87.6 Å². The number of amides is 1. The molecule has 0 radical (unpaired) electrons. The summed E-state index contributed by atoms with van der Waals surface area (Å²) in [7, 11) is -0.650. The van der Waals surface area contributed by atoms with Crippen LogP contribution < -0.4 is 26.8 Å². The Hall–Kier alpha value is -4.21. The highest BCUT2D eigenvalue weighted by Crippen LogP contribution is 2.65. The van der Waals surface area contributed by atoms with E-state index in [0.29, 0.717) is 35.2 Å². The molecular weight excluding hydrogens is 700 g/mol. The van der Waals surface area contributed by atoms with Crippen LogP contribution in [0.25, 0.3) is 0 Å². The van der Waals surface area contributed by atoms with Crippen molar-refractivity contribution in [3.63, 3.8) is 0 Å². The van der Waals surface area contributed by atoms with E-state index < -0.39 is 53.4 Å². The number of fused-ring (bicyclic) bond motifs is 1. The third-order valence-electron chi connectivity index (χ3n) is 12.6. The van der Waals surface area contributed by atoms with E-state index in [2.05, 4.69) is 47.0 Å². The van der Waals surface area contributed by atoms with Crippen LogP contribution in [-0.2, 0) is 32.4 Å². The predicted molar refractivity (Wildman–Crippen MR) is 199 cm³/mol. The molecule has 1 saturated heterocycles. The topological polar surface area (TPSA) is 136 Å². The summed E-state index contributed by atoms with van der Waals surface area (Å²) in [5, 5.41) is 12.8. The fourth-order valence-corrected chi connectivity index (χ4v) is 9.15. The van der Waals surface area contributed by atoms with E-state index in [1.807, 2.05) is 13.8 Å². The lowest BCUT2D eigenvalue weighted by molar-refractivity contribution is -0.199. The number of anilines is 2. The first-order chi connectivity index (χ1) is 25.4. The first kappa shape index (κ1) is 38.1. The quantitative estimate of drug-likeness (QED) is 0.0991. The molecule has 0 unspecified atom stereocenters. The van der Waals surface area contributed by atoms with Crippen LogP contribution >= 0.6 is 0 Å². The van der Waals surface area contributed by atoms with E-state index in [1.54, 1.807) is 24.3 Å². The normalized spacial score (nSPS) is 28.4. The van der Waals surface area contributed by atoms with Gasteiger partial charge in [-0.25, -0.2) is 4.98 Å². The van der Waals surface area contributed by atoms with Crippen molar-refractivity contribution < 1.29 is 32.1 Å². The molecule has 288 valence electrons. The summed E-state index contributed by atoms with van der Waals surface area (Å²) < 4.78 is 54.7. The van der Waals surface area contributed by atoms with Crippen molar-refractivity contribution in [1.82, 2.24) is 20.2 Å². The minimum atomic E-state index is -4.51. The van der Waals surface area contributed by atoms with Gasteiger partial charge in [0.2, 0.25) is 5.91 Å². The second kappa shape index (κ2) is 13.8. The maximum atomic E-state index is 14.3. The summed E-state index contributed by atoms with van der Waals surface area (Å²) in [6.45, 7) is 12.2. The maximum Gasteiger partial charge on any atom is 0.481 e. The van der Waals surface area contributed by atoms with Crippen molar-refractivity contribution in [2.75, 3.05) is 17.3 Å². The first-order valence-corrected chi connectivity index (χ1v) is 18.7. The number of rotatable bonds is 12. The standard InChI is InChI=1S/C39H48BF3N6O5/c1-7-32(40-53-31-17-26-16-30(36(26,3)4)38(31,6)54-40)48-33(51)29-18-37(5,47-21-46-27-13-11-24(12-14-27)22(2)50)35-45-20-28(34(52)49(29)35)44-19-23-9-8-10-25(15-23)39(41,42)43/h8-15,20,26,29-32,44,46-47H,7,16-19,21H2,1-6H3,(H,48,51)/t26-,29-,30-,31+,32-,37+,38-/m0/s1. The van der Waals surface area contributed by atoms with Crippen LogP contribution in [0.5, 0.6) is 0 Å². The number of aromatic nitrogens is 2. The fourth-order valence-electron chi connectivity index (χ4n) is 9.15. The Bertz CT molecular complexity index is 1990. The van der Waals surface area contributed by atoms with Gasteiger partial charge in [-0.3, -0.25) is 24.3 Å². The molecule has 2 aromatic carbocycles. The van der Waals surface area contributed by atoms with Gasteiger partial charge in [-0.15, -0.1) is 0 Å². The van der Waals surface area contributed by atoms with E-state index in [0.717, 1.165) is 30.7 Å². The number of halogens is 3. The zero-order chi connectivity index (χ0) is 38.8. The van der Waals surface area contributed by atoms with Gasteiger partial charge in [0.25, 0.3) is 5.56 Å². The van der Waals surface area contributed by atoms with E-state index in [1.165, 1.54) is 29.8 Å². The van der Waals surface area contributed by atoms with Crippen LogP contribution in [-0.4, -0.2) is 52.7 Å². The molecule has 8 rings (SSSR count). The number of alkyl halides is 3. The van der Waals surface area contributed by atoms with Gasteiger partial charge in [-0.2, -0.15) is 13.2 Å². The molecule has 4 fully saturated rings. The highest BCUT2D eigenvalue weighted by molar-refractivity contribution is 6.47. The second-order valence-electron chi connectivity index (χ2n) is 16.3. The van der Waals surface area contributed by atoms with Gasteiger partial charge in [0.1, 0.15) is 17.6 Å². The van der Waals surface area contributed by atoms with Gasteiger partial charge in [0.05, 0.1) is 41.6 Å². The van der Waals surface area contributed by atoms with Crippen LogP contribution in [0.1, 0.15) is 101 Å². The summed E-state index contributed by atoms with van der Waals surface area (Å²) in [6, 6.07) is 11.0. The molecule has 11 nitrogen and oxygen atoms in total. The van der Waals surface area contributed by atoms with Crippen LogP contribution in [0.4, 0.5) is 24.5 Å². The lowest BCUT2D eigenvalue weighted by Gasteiger charge is -2.64. The molecule has 3 aromatic rings. The second-order valence-corrected chi connectivity index (χ2v) is 16.3. The number of nitrogens with zero attached hydrogens (tertiary/aromatic N) is 2. The molecule has 54 heavy (non-hydrogen) atoms. The number of nitrogens with one attached hydrogen (secondary N) is 4. The number of benzene rings is 2. The molecule has 5 aliphatic rings. The Kier molecular flexibility index (Phi) is 9.75. The lowest BCUT2D eigenvalue weighted by Crippen LogP contribution is -2.65. The molecule has 1 aromatic heterocycles. The Balaban J connectivity index is 1.12. The number of hydrogen-bond donors (Lipinski definition) is 4. The molecule has 1 amide bonds. The van der Waals surface area contributed by atoms with Crippen molar-refractivity contribution >= 4 is 30.2 Å². The van der Waals surface area contributed by atoms with E-state index in [-0.39, 0.29) is 42.6 Å². The van der Waals surface area contributed by atoms with Gasteiger partial charge in [-0.1, -0.05) is 32.9 Å². The van der Waals surface area contributed by atoms with Crippen LogP contribution in [0.15, 0.2) is 59.5 Å². The van der Waals surface area contributed by atoms with Gasteiger partial charge < -0.3 is 25.3 Å². The molecule has 4 N–H and O–H groups in total.